The van der Waals surface area contributed by atoms with E-state index in [4.69, 9.17) is 10.3 Å². The van der Waals surface area contributed by atoms with Crippen molar-refractivity contribution < 1.29 is 4.52 Å². The van der Waals surface area contributed by atoms with E-state index in [9.17, 15) is 0 Å². The van der Waals surface area contributed by atoms with E-state index >= 15 is 0 Å². The van der Waals surface area contributed by atoms with Crippen molar-refractivity contribution >= 4 is 29.9 Å². The van der Waals surface area contributed by atoms with Crippen molar-refractivity contribution in [1.29, 1.82) is 0 Å². The van der Waals surface area contributed by atoms with Gasteiger partial charge in [0.15, 0.2) is 5.96 Å². The van der Waals surface area contributed by atoms with Crippen LogP contribution >= 0.6 is 24.0 Å². The fourth-order valence-electron chi connectivity index (χ4n) is 1.97. The maximum Gasteiger partial charge on any atom is 0.188 e. The zero-order valence-electron chi connectivity index (χ0n) is 12.7. The molecule has 5 nitrogen and oxygen atoms in total. The van der Waals surface area contributed by atoms with Gasteiger partial charge in [-0.3, -0.25) is 4.99 Å². The molecule has 1 aromatic heterocycles. The van der Waals surface area contributed by atoms with E-state index in [2.05, 4.69) is 22.4 Å². The molecule has 0 saturated carbocycles. The van der Waals surface area contributed by atoms with Crippen LogP contribution in [0.3, 0.4) is 0 Å². The third-order valence-electron chi connectivity index (χ3n) is 3.16. The Morgan fingerprint density at radius 2 is 2.05 bits per heavy atom. The molecule has 116 valence electrons. The van der Waals surface area contributed by atoms with Gasteiger partial charge in [0.1, 0.15) is 5.76 Å². The number of rotatable bonds is 8. The van der Waals surface area contributed by atoms with Crippen molar-refractivity contribution in [2.24, 2.45) is 10.7 Å². The molecule has 3 N–H and O–H groups in total. The Bertz CT molecular complexity index is 384. The molecule has 1 rings (SSSR count). The summed E-state index contributed by atoms with van der Waals surface area (Å²) >= 11 is 0. The molecule has 0 saturated heterocycles. The van der Waals surface area contributed by atoms with Crippen LogP contribution in [0.15, 0.2) is 9.52 Å². The minimum Gasteiger partial charge on any atom is -0.370 e. The molecule has 0 radical (unpaired) electrons. The Morgan fingerprint density at radius 3 is 2.65 bits per heavy atom. The van der Waals surface area contributed by atoms with E-state index in [0.717, 1.165) is 42.9 Å². The number of guanidine groups is 1. The monoisotopic (exact) mass is 394 g/mol. The van der Waals surface area contributed by atoms with Gasteiger partial charge in [0, 0.05) is 18.7 Å². The molecule has 1 heterocycles. The highest BCUT2D eigenvalue weighted by molar-refractivity contribution is 14.0. The molecule has 0 amide bonds. The Morgan fingerprint density at radius 1 is 1.30 bits per heavy atom. The van der Waals surface area contributed by atoms with Crippen LogP contribution in [0, 0.1) is 13.8 Å². The summed E-state index contributed by atoms with van der Waals surface area (Å²) in [6, 6.07) is 0. The molecule has 6 heteroatoms. The van der Waals surface area contributed by atoms with Crippen LogP contribution < -0.4 is 11.1 Å². The van der Waals surface area contributed by atoms with Gasteiger partial charge in [-0.1, -0.05) is 31.3 Å². The molecule has 0 atom stereocenters. The molecule has 20 heavy (non-hydrogen) atoms. The quantitative estimate of drug-likeness (QED) is 0.308. The summed E-state index contributed by atoms with van der Waals surface area (Å²) < 4.78 is 5.12. The highest BCUT2D eigenvalue weighted by Crippen LogP contribution is 2.11. The first-order chi connectivity index (χ1) is 9.15. The maximum absolute atomic E-state index is 5.80. The van der Waals surface area contributed by atoms with Crippen LogP contribution in [0.4, 0.5) is 0 Å². The second-order valence-corrected chi connectivity index (χ2v) is 4.81. The molecule has 0 spiro atoms. The summed E-state index contributed by atoms with van der Waals surface area (Å²) in [5.74, 6) is 1.41. The third-order valence-corrected chi connectivity index (χ3v) is 3.16. The molecule has 0 aliphatic heterocycles. The van der Waals surface area contributed by atoms with Crippen LogP contribution in [0.1, 0.15) is 49.6 Å². The van der Waals surface area contributed by atoms with Gasteiger partial charge in [0.25, 0.3) is 0 Å². The van der Waals surface area contributed by atoms with Gasteiger partial charge in [-0.25, -0.2) is 0 Å². The number of unbranched alkanes of at least 4 members (excludes halogenated alkanes) is 3. The molecule has 0 bridgehead atoms. The predicted molar refractivity (Wildman–Crippen MR) is 93.7 cm³/mol. The van der Waals surface area contributed by atoms with Crippen LogP contribution in [-0.2, 0) is 6.42 Å². The molecule has 1 aromatic rings. The van der Waals surface area contributed by atoms with E-state index in [1.54, 1.807) is 0 Å². The van der Waals surface area contributed by atoms with Gasteiger partial charge in [-0.15, -0.1) is 24.0 Å². The summed E-state index contributed by atoms with van der Waals surface area (Å²) in [4.78, 5) is 4.30. The minimum atomic E-state index is 0. The van der Waals surface area contributed by atoms with Gasteiger partial charge in [-0.2, -0.15) is 0 Å². The number of nitrogens with zero attached hydrogens (tertiary/aromatic N) is 2. The zero-order chi connectivity index (χ0) is 14.1. The van der Waals surface area contributed by atoms with Crippen LogP contribution in [0.25, 0.3) is 0 Å². The van der Waals surface area contributed by atoms with E-state index in [1.165, 1.54) is 19.3 Å². The lowest BCUT2D eigenvalue weighted by Crippen LogP contribution is -2.33. The number of nitrogens with two attached hydrogens (primary N) is 1. The van der Waals surface area contributed by atoms with Crippen molar-refractivity contribution in [2.45, 2.75) is 52.9 Å². The summed E-state index contributed by atoms with van der Waals surface area (Å²) in [7, 11) is 0. The first-order valence-corrected chi connectivity index (χ1v) is 7.10. The normalized spacial score (nSPS) is 11.2. The number of hydrogen-bond donors (Lipinski definition) is 2. The van der Waals surface area contributed by atoms with Crippen molar-refractivity contribution in [3.63, 3.8) is 0 Å². The lowest BCUT2D eigenvalue weighted by atomic mass is 10.1. The Kier molecular flexibility index (Phi) is 10.5. The van der Waals surface area contributed by atoms with Gasteiger partial charge in [0.2, 0.25) is 0 Å². The molecule has 0 unspecified atom stereocenters. The summed E-state index contributed by atoms with van der Waals surface area (Å²) in [5.41, 5.74) is 7.91. The van der Waals surface area contributed by atoms with Crippen molar-refractivity contribution in [2.75, 3.05) is 13.1 Å². The number of hydrogen-bond acceptors (Lipinski definition) is 3. The average Bonchev–Trinajstić information content (AvgIpc) is 2.70. The summed E-state index contributed by atoms with van der Waals surface area (Å²) in [6.45, 7) is 7.66. The van der Waals surface area contributed by atoms with E-state index in [-0.39, 0.29) is 24.0 Å². The smallest absolute Gasteiger partial charge is 0.188 e. The topological polar surface area (TPSA) is 76.4 Å². The minimum absolute atomic E-state index is 0. The maximum atomic E-state index is 5.80. The van der Waals surface area contributed by atoms with Crippen molar-refractivity contribution in [1.82, 2.24) is 10.5 Å². The Hall–Kier alpha value is -0.790. The summed E-state index contributed by atoms with van der Waals surface area (Å²) in [6.07, 6.45) is 5.71. The van der Waals surface area contributed by atoms with Crippen LogP contribution in [0.5, 0.6) is 0 Å². The standard InChI is InChI=1S/C14H26N4O.HI/c1-4-5-6-7-9-16-14(15)17-10-8-13-11(2)18-19-12(13)3;/h4-10H2,1-3H3,(H3,15,16,17);1H. The highest BCUT2D eigenvalue weighted by atomic mass is 127. The Balaban J connectivity index is 0.00000361. The fourth-order valence-corrected chi connectivity index (χ4v) is 1.97. The number of aryl methyl sites for hydroxylation is 2. The van der Waals surface area contributed by atoms with Crippen molar-refractivity contribution in [3.05, 3.63) is 17.0 Å². The van der Waals surface area contributed by atoms with E-state index < -0.39 is 0 Å². The van der Waals surface area contributed by atoms with Crippen molar-refractivity contribution in [3.8, 4) is 0 Å². The van der Waals surface area contributed by atoms with Crippen LogP contribution in [0.2, 0.25) is 0 Å². The lowest BCUT2D eigenvalue weighted by molar-refractivity contribution is 0.392. The lowest BCUT2D eigenvalue weighted by Gasteiger charge is -2.05. The van der Waals surface area contributed by atoms with E-state index in [0.29, 0.717) is 5.96 Å². The highest BCUT2D eigenvalue weighted by Gasteiger charge is 2.07. The number of aromatic nitrogens is 1. The number of aliphatic imine (C=N–C) groups is 1. The molecule has 0 fully saturated rings. The average molecular weight is 394 g/mol. The van der Waals surface area contributed by atoms with Gasteiger partial charge in [0.05, 0.1) is 5.69 Å². The Labute approximate surface area is 138 Å². The third kappa shape index (κ3) is 7.12. The van der Waals surface area contributed by atoms with E-state index in [1.807, 2.05) is 13.8 Å². The van der Waals surface area contributed by atoms with Gasteiger partial charge >= 0.3 is 0 Å². The fraction of sp³-hybridized carbons (Fsp3) is 0.714. The largest absolute Gasteiger partial charge is 0.370 e. The number of nitrogens with one attached hydrogen (secondary N) is 1. The second-order valence-electron chi connectivity index (χ2n) is 4.81. The van der Waals surface area contributed by atoms with Crippen LogP contribution in [-0.4, -0.2) is 24.2 Å². The first kappa shape index (κ1) is 19.2. The second kappa shape index (κ2) is 10.9. The SMILES string of the molecule is CCCCCCN=C(N)NCCc1c(C)noc1C.I. The summed E-state index contributed by atoms with van der Waals surface area (Å²) in [5, 5.41) is 7.05. The molecular weight excluding hydrogens is 367 g/mol. The first-order valence-electron chi connectivity index (χ1n) is 7.10. The number of halogens is 1. The van der Waals surface area contributed by atoms with Gasteiger partial charge in [-0.05, 0) is 26.7 Å². The zero-order valence-corrected chi connectivity index (χ0v) is 15.1. The molecule has 0 aliphatic carbocycles. The predicted octanol–water partition coefficient (Wildman–Crippen LogP) is 2.94. The molecule has 0 aliphatic rings. The van der Waals surface area contributed by atoms with Gasteiger partial charge < -0.3 is 15.6 Å². The molecular formula is C14H27IN4O. The molecule has 0 aromatic carbocycles.